The molecular formula is C18H20ClFN2O2. The molecule has 1 fully saturated rings. The first-order valence-electron chi connectivity index (χ1n) is 8.06. The number of nitrogens with one attached hydrogen (secondary N) is 1. The summed E-state index contributed by atoms with van der Waals surface area (Å²) in [6.45, 7) is 2.56. The van der Waals surface area contributed by atoms with Gasteiger partial charge in [0.1, 0.15) is 5.82 Å². The lowest BCUT2D eigenvalue weighted by Crippen LogP contribution is -2.37. The molecule has 0 amide bonds. The quantitative estimate of drug-likeness (QED) is 0.899. The van der Waals surface area contributed by atoms with Crippen molar-refractivity contribution in [3.63, 3.8) is 0 Å². The van der Waals surface area contributed by atoms with Crippen molar-refractivity contribution in [3.05, 3.63) is 68.8 Å². The van der Waals surface area contributed by atoms with Crippen LogP contribution in [0.5, 0.6) is 0 Å². The van der Waals surface area contributed by atoms with Crippen LogP contribution in [0.3, 0.4) is 0 Å². The van der Waals surface area contributed by atoms with Crippen molar-refractivity contribution in [2.24, 2.45) is 0 Å². The lowest BCUT2D eigenvalue weighted by atomic mass is 10.1. The highest BCUT2D eigenvalue weighted by Crippen LogP contribution is 2.18. The number of hydrogen-bond donors (Lipinski definition) is 1. The predicted molar refractivity (Wildman–Crippen MR) is 91.6 cm³/mol. The van der Waals surface area contributed by atoms with Gasteiger partial charge in [-0.25, -0.2) is 4.39 Å². The third-order valence-corrected chi connectivity index (χ3v) is 4.52. The van der Waals surface area contributed by atoms with Crippen LogP contribution in [0.2, 0.25) is 5.02 Å². The maximum Gasteiger partial charge on any atom is 0.252 e. The Morgan fingerprint density at radius 3 is 2.75 bits per heavy atom. The smallest absolute Gasteiger partial charge is 0.252 e. The number of likely N-dealkylation sites (tertiary alicyclic amines) is 1. The Morgan fingerprint density at radius 2 is 2.00 bits per heavy atom. The molecule has 0 unspecified atom stereocenters. The summed E-state index contributed by atoms with van der Waals surface area (Å²) in [7, 11) is 0. The first kappa shape index (κ1) is 17.1. The summed E-state index contributed by atoms with van der Waals surface area (Å²) < 4.78 is 19.4. The molecule has 1 aromatic carbocycles. The largest absolute Gasteiger partial charge is 0.373 e. The van der Waals surface area contributed by atoms with Gasteiger partial charge in [-0.05, 0) is 25.0 Å². The van der Waals surface area contributed by atoms with Crippen molar-refractivity contribution in [3.8, 4) is 0 Å². The minimum atomic E-state index is -0.227. The number of benzene rings is 1. The van der Waals surface area contributed by atoms with Crippen LogP contribution in [-0.2, 0) is 17.9 Å². The molecule has 1 saturated heterocycles. The number of piperidine rings is 1. The number of aromatic nitrogens is 1. The number of H-pyrrole nitrogens is 1. The minimum Gasteiger partial charge on any atom is -0.373 e. The average molecular weight is 351 g/mol. The fourth-order valence-corrected chi connectivity index (χ4v) is 3.10. The second-order valence-electron chi connectivity index (χ2n) is 6.05. The Morgan fingerprint density at radius 1 is 1.25 bits per heavy atom. The fraction of sp³-hybridized carbons (Fsp3) is 0.389. The summed E-state index contributed by atoms with van der Waals surface area (Å²) in [5, 5.41) is 0.535. The summed E-state index contributed by atoms with van der Waals surface area (Å²) in [5.41, 5.74) is 1.16. The number of hydrogen-bond acceptors (Lipinski definition) is 3. The first-order chi connectivity index (χ1) is 11.6. The number of aromatic amines is 1. The molecule has 1 aliphatic heterocycles. The van der Waals surface area contributed by atoms with E-state index in [9.17, 15) is 9.18 Å². The second-order valence-corrected chi connectivity index (χ2v) is 6.49. The van der Waals surface area contributed by atoms with Gasteiger partial charge in [0.25, 0.3) is 5.56 Å². The van der Waals surface area contributed by atoms with Crippen molar-refractivity contribution >= 4 is 11.6 Å². The van der Waals surface area contributed by atoms with Crippen LogP contribution in [-0.4, -0.2) is 29.1 Å². The highest BCUT2D eigenvalue weighted by Gasteiger charge is 2.21. The molecule has 1 N–H and O–H groups in total. The van der Waals surface area contributed by atoms with Gasteiger partial charge in [0.05, 0.1) is 17.7 Å². The summed E-state index contributed by atoms with van der Waals surface area (Å²) in [4.78, 5) is 16.6. The number of halogens is 2. The normalized spacial score (nSPS) is 16.4. The monoisotopic (exact) mass is 350 g/mol. The van der Waals surface area contributed by atoms with Gasteiger partial charge in [0.2, 0.25) is 0 Å². The molecule has 0 spiro atoms. The molecular weight excluding hydrogens is 331 g/mol. The van der Waals surface area contributed by atoms with Crippen LogP contribution in [0.4, 0.5) is 4.39 Å². The van der Waals surface area contributed by atoms with Gasteiger partial charge in [0, 0.05) is 37.0 Å². The van der Waals surface area contributed by atoms with Crippen LogP contribution >= 0.6 is 11.6 Å². The number of rotatable bonds is 5. The standard InChI is InChI=1S/C18H20ClFN2O2/c19-15-9-14(18(23)21-10-15)11-22-7-5-16(6-8-22)24-12-13-3-1-2-4-17(13)20/h1-4,9-10,16H,5-8,11-12H2,(H,21,23). The van der Waals surface area contributed by atoms with Gasteiger partial charge in [-0.15, -0.1) is 0 Å². The molecule has 0 radical (unpaired) electrons. The zero-order valence-corrected chi connectivity index (χ0v) is 14.1. The Balaban J connectivity index is 1.48. The van der Waals surface area contributed by atoms with E-state index in [1.807, 2.05) is 6.07 Å². The third-order valence-electron chi connectivity index (χ3n) is 4.31. The number of ether oxygens (including phenoxy) is 1. The van der Waals surface area contributed by atoms with E-state index in [0.717, 1.165) is 25.9 Å². The molecule has 0 saturated carbocycles. The summed E-state index contributed by atoms with van der Waals surface area (Å²) in [6.07, 6.45) is 3.36. The average Bonchev–Trinajstić information content (AvgIpc) is 2.59. The van der Waals surface area contributed by atoms with Crippen molar-refractivity contribution in [1.82, 2.24) is 9.88 Å². The molecule has 2 heterocycles. The highest BCUT2D eigenvalue weighted by atomic mass is 35.5. The van der Waals surface area contributed by atoms with E-state index < -0.39 is 0 Å². The van der Waals surface area contributed by atoms with Gasteiger partial charge in [-0.2, -0.15) is 0 Å². The lowest BCUT2D eigenvalue weighted by molar-refractivity contribution is -0.00500. The van der Waals surface area contributed by atoms with Crippen LogP contribution in [0.1, 0.15) is 24.0 Å². The highest BCUT2D eigenvalue weighted by molar-refractivity contribution is 6.30. The topological polar surface area (TPSA) is 45.3 Å². The minimum absolute atomic E-state index is 0.0997. The first-order valence-corrected chi connectivity index (χ1v) is 8.44. The Bertz CT molecular complexity index is 742. The van der Waals surface area contributed by atoms with E-state index in [1.54, 1.807) is 18.2 Å². The van der Waals surface area contributed by atoms with E-state index in [-0.39, 0.29) is 17.5 Å². The zero-order valence-electron chi connectivity index (χ0n) is 13.3. The lowest BCUT2D eigenvalue weighted by Gasteiger charge is -2.31. The zero-order chi connectivity index (χ0) is 16.9. The van der Waals surface area contributed by atoms with E-state index in [4.69, 9.17) is 16.3 Å². The Labute approximate surface area is 145 Å². The molecule has 0 aliphatic carbocycles. The third kappa shape index (κ3) is 4.44. The van der Waals surface area contributed by atoms with Crippen LogP contribution in [0, 0.1) is 5.82 Å². The molecule has 4 nitrogen and oxygen atoms in total. The van der Waals surface area contributed by atoms with Crippen molar-refractivity contribution in [2.45, 2.75) is 32.1 Å². The number of pyridine rings is 1. The van der Waals surface area contributed by atoms with Gasteiger partial charge in [-0.3, -0.25) is 9.69 Å². The van der Waals surface area contributed by atoms with Crippen LogP contribution < -0.4 is 5.56 Å². The van der Waals surface area contributed by atoms with E-state index in [2.05, 4.69) is 9.88 Å². The summed E-state index contributed by atoms with van der Waals surface area (Å²) in [5.74, 6) is -0.227. The SMILES string of the molecule is O=c1[nH]cc(Cl)cc1CN1CCC(OCc2ccccc2F)CC1. The predicted octanol–water partition coefficient (Wildman–Crippen LogP) is 3.35. The fourth-order valence-electron chi connectivity index (χ4n) is 2.92. The molecule has 3 rings (SSSR count). The molecule has 24 heavy (non-hydrogen) atoms. The van der Waals surface area contributed by atoms with Crippen LogP contribution in [0.25, 0.3) is 0 Å². The van der Waals surface area contributed by atoms with Gasteiger partial charge in [-0.1, -0.05) is 29.8 Å². The van der Waals surface area contributed by atoms with Crippen molar-refractivity contribution in [1.29, 1.82) is 0 Å². The molecule has 6 heteroatoms. The summed E-state index contributed by atoms with van der Waals surface area (Å²) >= 11 is 5.93. The molecule has 0 bridgehead atoms. The van der Waals surface area contributed by atoms with Gasteiger partial charge in [0.15, 0.2) is 0 Å². The van der Waals surface area contributed by atoms with E-state index in [1.165, 1.54) is 12.3 Å². The second kappa shape index (κ2) is 7.92. The Kier molecular flexibility index (Phi) is 5.66. The molecule has 0 atom stereocenters. The van der Waals surface area contributed by atoms with Gasteiger partial charge >= 0.3 is 0 Å². The number of nitrogens with zero attached hydrogens (tertiary/aromatic N) is 1. The van der Waals surface area contributed by atoms with Crippen LogP contribution in [0.15, 0.2) is 41.3 Å². The van der Waals surface area contributed by atoms with Crippen molar-refractivity contribution in [2.75, 3.05) is 13.1 Å². The van der Waals surface area contributed by atoms with Gasteiger partial charge < -0.3 is 9.72 Å². The van der Waals surface area contributed by atoms with E-state index in [0.29, 0.717) is 29.3 Å². The molecule has 1 aliphatic rings. The Hall–Kier alpha value is -1.69. The molecule has 128 valence electrons. The van der Waals surface area contributed by atoms with Crippen molar-refractivity contribution < 1.29 is 9.13 Å². The van der Waals surface area contributed by atoms with E-state index >= 15 is 0 Å². The molecule has 2 aromatic rings. The maximum atomic E-state index is 13.6. The molecule has 1 aromatic heterocycles. The maximum absolute atomic E-state index is 13.6. The summed E-state index contributed by atoms with van der Waals surface area (Å²) in [6, 6.07) is 8.39.